The monoisotopic (exact) mass is 310 g/mol. The lowest BCUT2D eigenvalue weighted by molar-refractivity contribution is 0.0625. The van der Waals surface area contributed by atoms with Gasteiger partial charge in [-0.2, -0.15) is 0 Å². The van der Waals surface area contributed by atoms with Crippen LogP contribution in [0.3, 0.4) is 0 Å². The average molecular weight is 310 g/mol. The number of aromatic nitrogens is 1. The number of piperidine rings is 1. The molecule has 2 fully saturated rings. The SMILES string of the molecule is Cc1cc2c(nc1OC1CC3CCC(C1)N3C)C1CCCC=C21. The van der Waals surface area contributed by atoms with E-state index in [1.54, 1.807) is 5.57 Å². The van der Waals surface area contributed by atoms with Crippen LogP contribution in [0.1, 0.15) is 67.7 Å². The summed E-state index contributed by atoms with van der Waals surface area (Å²) in [6.07, 6.45) is 11.6. The predicted octanol–water partition coefficient (Wildman–Crippen LogP) is 4.06. The van der Waals surface area contributed by atoms with Crippen LogP contribution in [0.2, 0.25) is 0 Å². The molecule has 122 valence electrons. The third-order valence-electron chi connectivity index (χ3n) is 6.61. The molecule has 0 N–H and O–H groups in total. The molecule has 1 aromatic heterocycles. The summed E-state index contributed by atoms with van der Waals surface area (Å²) in [4.78, 5) is 7.52. The number of rotatable bonds is 2. The largest absolute Gasteiger partial charge is 0.474 e. The van der Waals surface area contributed by atoms with Crippen molar-refractivity contribution in [3.63, 3.8) is 0 Å². The van der Waals surface area contributed by atoms with Gasteiger partial charge in [0.15, 0.2) is 0 Å². The molecule has 3 unspecified atom stereocenters. The van der Waals surface area contributed by atoms with Gasteiger partial charge in [-0.25, -0.2) is 4.98 Å². The van der Waals surface area contributed by atoms with Crippen LogP contribution in [0.25, 0.3) is 5.57 Å². The van der Waals surface area contributed by atoms with Crippen molar-refractivity contribution in [1.82, 2.24) is 9.88 Å². The van der Waals surface area contributed by atoms with Gasteiger partial charge in [0.05, 0.1) is 5.69 Å². The van der Waals surface area contributed by atoms with Crippen molar-refractivity contribution in [2.75, 3.05) is 7.05 Å². The van der Waals surface area contributed by atoms with Gasteiger partial charge in [-0.3, -0.25) is 0 Å². The molecule has 3 atom stereocenters. The van der Waals surface area contributed by atoms with E-state index in [1.807, 2.05) is 0 Å². The molecule has 2 bridgehead atoms. The minimum absolute atomic E-state index is 0.356. The number of hydrogen-bond donors (Lipinski definition) is 0. The molecule has 5 rings (SSSR count). The Hall–Kier alpha value is -1.35. The van der Waals surface area contributed by atoms with E-state index in [0.29, 0.717) is 12.0 Å². The fraction of sp³-hybridized carbons (Fsp3) is 0.650. The molecule has 4 aliphatic rings. The van der Waals surface area contributed by atoms with Gasteiger partial charge in [0.2, 0.25) is 5.88 Å². The maximum absolute atomic E-state index is 6.41. The van der Waals surface area contributed by atoms with Gasteiger partial charge < -0.3 is 9.64 Å². The van der Waals surface area contributed by atoms with Crippen molar-refractivity contribution in [1.29, 1.82) is 0 Å². The second-order valence-corrected chi connectivity index (χ2v) is 7.95. The highest BCUT2D eigenvalue weighted by molar-refractivity contribution is 5.83. The van der Waals surface area contributed by atoms with E-state index in [0.717, 1.165) is 18.0 Å². The molecular weight excluding hydrogens is 284 g/mol. The number of pyridine rings is 1. The summed E-state index contributed by atoms with van der Waals surface area (Å²) in [5, 5.41) is 0. The normalized spacial score (nSPS) is 35.1. The Morgan fingerprint density at radius 2 is 1.96 bits per heavy atom. The number of nitrogens with zero attached hydrogens (tertiary/aromatic N) is 2. The lowest BCUT2D eigenvalue weighted by Gasteiger charge is -2.38. The first-order valence-corrected chi connectivity index (χ1v) is 9.31. The molecule has 2 saturated heterocycles. The Bertz CT molecular complexity index is 666. The quantitative estimate of drug-likeness (QED) is 0.824. The zero-order valence-electron chi connectivity index (χ0n) is 14.2. The van der Waals surface area contributed by atoms with Crippen LogP contribution in [0, 0.1) is 6.92 Å². The van der Waals surface area contributed by atoms with Gasteiger partial charge in [-0.05, 0) is 70.6 Å². The molecule has 1 aromatic rings. The second kappa shape index (κ2) is 5.07. The Labute approximate surface area is 138 Å². The van der Waals surface area contributed by atoms with E-state index in [4.69, 9.17) is 9.72 Å². The first-order chi connectivity index (χ1) is 11.2. The molecule has 3 heterocycles. The predicted molar refractivity (Wildman–Crippen MR) is 91.8 cm³/mol. The Balaban J connectivity index is 1.39. The number of aryl methyl sites for hydroxylation is 1. The zero-order valence-corrected chi connectivity index (χ0v) is 14.2. The van der Waals surface area contributed by atoms with E-state index in [-0.39, 0.29) is 0 Å². The van der Waals surface area contributed by atoms with Crippen molar-refractivity contribution < 1.29 is 4.74 Å². The maximum Gasteiger partial charge on any atom is 0.216 e. The summed E-state index contributed by atoms with van der Waals surface area (Å²) >= 11 is 0. The molecule has 23 heavy (non-hydrogen) atoms. The number of allylic oxidation sites excluding steroid dienone is 2. The molecule has 0 radical (unpaired) electrons. The first-order valence-electron chi connectivity index (χ1n) is 9.31. The standard InChI is InChI=1S/C20H26N2O/c1-12-9-18-16-5-3-4-6-17(16)19(18)21-20(12)23-15-10-13-7-8-14(11-15)22(13)2/h5,9,13-15,17H,3-4,6-8,10-11H2,1-2H3. The van der Waals surface area contributed by atoms with Crippen LogP contribution >= 0.6 is 0 Å². The lowest BCUT2D eigenvalue weighted by Crippen LogP contribution is -2.44. The zero-order chi connectivity index (χ0) is 15.6. The Morgan fingerprint density at radius 3 is 2.74 bits per heavy atom. The molecular formula is C20H26N2O. The molecule has 0 spiro atoms. The third-order valence-corrected chi connectivity index (χ3v) is 6.61. The van der Waals surface area contributed by atoms with Gasteiger partial charge in [-0.1, -0.05) is 6.08 Å². The summed E-state index contributed by atoms with van der Waals surface area (Å²) in [6.45, 7) is 2.16. The van der Waals surface area contributed by atoms with Crippen molar-refractivity contribution in [2.45, 2.75) is 76.0 Å². The molecule has 2 aliphatic heterocycles. The van der Waals surface area contributed by atoms with E-state index in [9.17, 15) is 0 Å². The summed E-state index contributed by atoms with van der Waals surface area (Å²) < 4.78 is 6.41. The molecule has 3 heteroatoms. The first kappa shape index (κ1) is 14.0. The topological polar surface area (TPSA) is 25.4 Å². The highest BCUT2D eigenvalue weighted by Crippen LogP contribution is 2.51. The lowest BCUT2D eigenvalue weighted by atomic mass is 9.70. The fourth-order valence-corrected chi connectivity index (χ4v) is 5.22. The van der Waals surface area contributed by atoms with Crippen LogP contribution in [0.15, 0.2) is 12.1 Å². The number of hydrogen-bond acceptors (Lipinski definition) is 3. The van der Waals surface area contributed by atoms with Crippen molar-refractivity contribution >= 4 is 5.57 Å². The Kier molecular flexibility index (Phi) is 3.09. The van der Waals surface area contributed by atoms with Gasteiger partial charge >= 0.3 is 0 Å². The molecule has 0 aromatic carbocycles. The van der Waals surface area contributed by atoms with Gasteiger partial charge in [0.25, 0.3) is 0 Å². The minimum Gasteiger partial charge on any atom is -0.474 e. The van der Waals surface area contributed by atoms with Gasteiger partial charge in [-0.15, -0.1) is 0 Å². The van der Waals surface area contributed by atoms with Crippen LogP contribution in [-0.2, 0) is 0 Å². The van der Waals surface area contributed by atoms with Gasteiger partial charge in [0, 0.05) is 29.1 Å². The van der Waals surface area contributed by atoms with Crippen LogP contribution in [-0.4, -0.2) is 35.1 Å². The van der Waals surface area contributed by atoms with Crippen molar-refractivity contribution in [3.8, 4) is 5.88 Å². The van der Waals surface area contributed by atoms with E-state index < -0.39 is 0 Å². The molecule has 3 nitrogen and oxygen atoms in total. The summed E-state index contributed by atoms with van der Waals surface area (Å²) in [7, 11) is 2.28. The van der Waals surface area contributed by atoms with Crippen molar-refractivity contribution in [2.24, 2.45) is 0 Å². The highest BCUT2D eigenvalue weighted by Gasteiger charge is 2.40. The summed E-state index contributed by atoms with van der Waals surface area (Å²) in [6, 6.07) is 3.76. The maximum atomic E-state index is 6.41. The van der Waals surface area contributed by atoms with Crippen LogP contribution in [0.5, 0.6) is 5.88 Å². The fourth-order valence-electron chi connectivity index (χ4n) is 5.22. The average Bonchev–Trinajstić information content (AvgIpc) is 2.77. The van der Waals surface area contributed by atoms with Crippen molar-refractivity contribution in [3.05, 3.63) is 29.0 Å². The highest BCUT2D eigenvalue weighted by atomic mass is 16.5. The smallest absolute Gasteiger partial charge is 0.216 e. The van der Waals surface area contributed by atoms with E-state index >= 15 is 0 Å². The summed E-state index contributed by atoms with van der Waals surface area (Å²) in [5.74, 6) is 1.50. The molecule has 2 aliphatic carbocycles. The Morgan fingerprint density at radius 1 is 1.17 bits per heavy atom. The van der Waals surface area contributed by atoms with Gasteiger partial charge in [0.1, 0.15) is 6.10 Å². The number of fused-ring (bicyclic) bond motifs is 6. The number of ether oxygens (including phenoxy) is 1. The van der Waals surface area contributed by atoms with Crippen LogP contribution < -0.4 is 4.74 Å². The molecule has 0 amide bonds. The third kappa shape index (κ3) is 2.09. The van der Waals surface area contributed by atoms with E-state index in [2.05, 4.69) is 31.0 Å². The second-order valence-electron chi connectivity index (χ2n) is 7.95. The summed E-state index contributed by atoms with van der Waals surface area (Å²) in [5.41, 5.74) is 5.45. The van der Waals surface area contributed by atoms with E-state index in [1.165, 1.54) is 61.8 Å². The molecule has 0 saturated carbocycles. The van der Waals surface area contributed by atoms with Crippen LogP contribution in [0.4, 0.5) is 0 Å². The minimum atomic E-state index is 0.356.